The minimum Gasteiger partial charge on any atom is -0.494 e. The first-order valence-corrected chi connectivity index (χ1v) is 13.4. The molecule has 0 radical (unpaired) electrons. The molecule has 6 nitrogen and oxygen atoms in total. The van der Waals surface area contributed by atoms with Crippen molar-refractivity contribution in [2.45, 2.75) is 71.1 Å². The molecule has 196 valence electrons. The van der Waals surface area contributed by atoms with E-state index in [1.54, 1.807) is 60.7 Å². The monoisotopic (exact) mass is 503 g/mol. The number of nitro benzene ring substituents is 1. The lowest BCUT2D eigenvalue weighted by atomic mass is 10.1. The molecule has 0 fully saturated rings. The van der Waals surface area contributed by atoms with E-state index in [9.17, 15) is 14.9 Å². The van der Waals surface area contributed by atoms with Crippen LogP contribution in [0.15, 0.2) is 72.8 Å². The summed E-state index contributed by atoms with van der Waals surface area (Å²) in [4.78, 5) is 23.1. The number of carbonyl (C=O) groups is 1. The number of nitrogens with zero attached hydrogens (tertiary/aromatic N) is 1. The second-order valence-electron chi connectivity index (χ2n) is 9.28. The molecule has 0 aliphatic carbocycles. The van der Waals surface area contributed by atoms with Gasteiger partial charge in [-0.1, -0.05) is 89.0 Å². The maximum absolute atomic E-state index is 12.5. The summed E-state index contributed by atoms with van der Waals surface area (Å²) in [5.74, 6) is 0.693. The van der Waals surface area contributed by atoms with Crippen molar-refractivity contribution in [3.63, 3.8) is 0 Å². The van der Waals surface area contributed by atoms with Crippen LogP contribution >= 0.6 is 0 Å². The number of esters is 1. The molecule has 6 heteroatoms. The first kappa shape index (κ1) is 27.9. The van der Waals surface area contributed by atoms with E-state index in [2.05, 4.69) is 6.92 Å². The number of unbranched alkanes of at least 4 members (excludes halogenated alkanes) is 9. The van der Waals surface area contributed by atoms with Crippen LogP contribution in [0.3, 0.4) is 0 Å². The van der Waals surface area contributed by atoms with Gasteiger partial charge in [0.1, 0.15) is 11.5 Å². The number of non-ortho nitro benzene ring substituents is 1. The van der Waals surface area contributed by atoms with E-state index in [-0.39, 0.29) is 5.69 Å². The average molecular weight is 504 g/mol. The summed E-state index contributed by atoms with van der Waals surface area (Å²) in [5.41, 5.74) is 1.99. The maximum atomic E-state index is 12.5. The van der Waals surface area contributed by atoms with Crippen molar-refractivity contribution in [2.75, 3.05) is 6.61 Å². The largest absolute Gasteiger partial charge is 0.494 e. The van der Waals surface area contributed by atoms with E-state index in [4.69, 9.17) is 9.47 Å². The lowest BCUT2D eigenvalue weighted by molar-refractivity contribution is -0.384. The quantitative estimate of drug-likeness (QED) is 0.0641. The van der Waals surface area contributed by atoms with E-state index in [0.29, 0.717) is 17.9 Å². The van der Waals surface area contributed by atoms with Gasteiger partial charge in [0.15, 0.2) is 0 Å². The summed E-state index contributed by atoms with van der Waals surface area (Å²) in [6.07, 6.45) is 12.9. The molecular weight excluding hydrogens is 466 g/mol. The van der Waals surface area contributed by atoms with Crippen molar-refractivity contribution in [1.29, 1.82) is 0 Å². The number of hydrogen-bond donors (Lipinski definition) is 0. The van der Waals surface area contributed by atoms with E-state index in [1.165, 1.54) is 69.9 Å². The van der Waals surface area contributed by atoms with Crippen LogP contribution in [0.2, 0.25) is 0 Å². The van der Waals surface area contributed by atoms with Crippen molar-refractivity contribution in [2.24, 2.45) is 0 Å². The summed E-state index contributed by atoms with van der Waals surface area (Å²) < 4.78 is 11.3. The van der Waals surface area contributed by atoms with Gasteiger partial charge in [0.25, 0.3) is 5.69 Å². The zero-order valence-electron chi connectivity index (χ0n) is 21.7. The fourth-order valence-electron chi connectivity index (χ4n) is 4.15. The summed E-state index contributed by atoms with van der Waals surface area (Å²) in [6, 6.07) is 20.3. The molecule has 0 atom stereocenters. The smallest absolute Gasteiger partial charge is 0.343 e. The molecule has 0 heterocycles. The third kappa shape index (κ3) is 9.71. The number of rotatable bonds is 16. The Kier molecular flexibility index (Phi) is 11.6. The topological polar surface area (TPSA) is 78.7 Å². The molecule has 3 aromatic carbocycles. The number of nitro groups is 1. The third-order valence-electron chi connectivity index (χ3n) is 6.31. The zero-order valence-corrected chi connectivity index (χ0v) is 21.7. The molecule has 0 aliphatic heterocycles. The van der Waals surface area contributed by atoms with Crippen LogP contribution in [0.4, 0.5) is 5.69 Å². The van der Waals surface area contributed by atoms with Gasteiger partial charge in [-0.05, 0) is 53.9 Å². The molecule has 0 saturated heterocycles. The average Bonchev–Trinajstić information content (AvgIpc) is 2.92. The standard InChI is InChI=1S/C31H37NO5/c1-2-3-4-5-6-7-8-9-10-11-23-36-29-19-17-26(18-20-29)31(33)37-30-21-15-25(16-22-30)27-13-12-14-28(24-27)32(34)35/h12-22,24H,2-11,23H2,1H3. The van der Waals surface area contributed by atoms with Crippen LogP contribution in [0.1, 0.15) is 81.5 Å². The van der Waals surface area contributed by atoms with Crippen molar-refractivity contribution in [3.8, 4) is 22.6 Å². The number of ether oxygens (including phenoxy) is 2. The van der Waals surface area contributed by atoms with Crippen LogP contribution in [-0.2, 0) is 0 Å². The van der Waals surface area contributed by atoms with Gasteiger partial charge in [0.2, 0.25) is 0 Å². The Hall–Kier alpha value is -3.67. The van der Waals surface area contributed by atoms with Gasteiger partial charge in [-0.3, -0.25) is 10.1 Å². The number of carbonyl (C=O) groups excluding carboxylic acids is 1. The second kappa shape index (κ2) is 15.4. The highest BCUT2D eigenvalue weighted by Crippen LogP contribution is 2.26. The van der Waals surface area contributed by atoms with E-state index < -0.39 is 10.9 Å². The van der Waals surface area contributed by atoms with Gasteiger partial charge in [0, 0.05) is 12.1 Å². The summed E-state index contributed by atoms with van der Waals surface area (Å²) in [5, 5.41) is 11.0. The van der Waals surface area contributed by atoms with Crippen molar-refractivity contribution in [1.82, 2.24) is 0 Å². The first-order chi connectivity index (χ1) is 18.1. The molecule has 0 aromatic heterocycles. The van der Waals surface area contributed by atoms with Gasteiger partial charge in [-0.15, -0.1) is 0 Å². The van der Waals surface area contributed by atoms with Crippen LogP contribution in [-0.4, -0.2) is 17.5 Å². The number of benzene rings is 3. The highest BCUT2D eigenvalue weighted by atomic mass is 16.6. The Balaban J connectivity index is 1.37. The third-order valence-corrected chi connectivity index (χ3v) is 6.31. The molecule has 0 aliphatic rings. The Bertz CT molecular complexity index is 1110. The van der Waals surface area contributed by atoms with Gasteiger partial charge >= 0.3 is 5.97 Å². The summed E-state index contributed by atoms with van der Waals surface area (Å²) in [7, 11) is 0. The fraction of sp³-hybridized carbons (Fsp3) is 0.387. The lowest BCUT2D eigenvalue weighted by Gasteiger charge is -2.08. The normalized spacial score (nSPS) is 10.7. The maximum Gasteiger partial charge on any atom is 0.343 e. The minimum absolute atomic E-state index is 0.0314. The number of hydrogen-bond acceptors (Lipinski definition) is 5. The predicted molar refractivity (Wildman–Crippen MR) is 147 cm³/mol. The van der Waals surface area contributed by atoms with Gasteiger partial charge in [-0.2, -0.15) is 0 Å². The molecule has 0 saturated carbocycles. The van der Waals surface area contributed by atoms with Crippen LogP contribution in [0.5, 0.6) is 11.5 Å². The Morgan fingerprint density at radius 1 is 0.730 bits per heavy atom. The molecule has 3 rings (SSSR count). The molecule has 0 amide bonds. The van der Waals surface area contributed by atoms with E-state index in [0.717, 1.165) is 23.3 Å². The Morgan fingerprint density at radius 3 is 1.95 bits per heavy atom. The van der Waals surface area contributed by atoms with E-state index >= 15 is 0 Å². The van der Waals surface area contributed by atoms with Gasteiger partial charge < -0.3 is 9.47 Å². The van der Waals surface area contributed by atoms with Crippen LogP contribution in [0, 0.1) is 10.1 Å². The second-order valence-corrected chi connectivity index (χ2v) is 9.28. The molecule has 3 aromatic rings. The summed E-state index contributed by atoms with van der Waals surface area (Å²) in [6.45, 7) is 2.93. The molecule has 0 spiro atoms. The lowest BCUT2D eigenvalue weighted by Crippen LogP contribution is -2.08. The molecule has 0 bridgehead atoms. The Morgan fingerprint density at radius 2 is 1.32 bits per heavy atom. The van der Waals surface area contributed by atoms with Crippen LogP contribution in [0.25, 0.3) is 11.1 Å². The first-order valence-electron chi connectivity index (χ1n) is 13.4. The van der Waals surface area contributed by atoms with Crippen molar-refractivity contribution in [3.05, 3.63) is 88.5 Å². The molecule has 0 unspecified atom stereocenters. The molecule has 37 heavy (non-hydrogen) atoms. The van der Waals surface area contributed by atoms with Gasteiger partial charge in [0.05, 0.1) is 17.1 Å². The zero-order chi connectivity index (χ0) is 26.3. The molecular formula is C31H37NO5. The predicted octanol–water partition coefficient (Wildman–Crippen LogP) is 8.78. The highest BCUT2D eigenvalue weighted by Gasteiger charge is 2.11. The van der Waals surface area contributed by atoms with Crippen LogP contribution < -0.4 is 9.47 Å². The highest BCUT2D eigenvalue weighted by molar-refractivity contribution is 5.91. The Labute approximate surface area is 219 Å². The van der Waals surface area contributed by atoms with Crippen molar-refractivity contribution < 1.29 is 19.2 Å². The molecule has 0 N–H and O–H groups in total. The van der Waals surface area contributed by atoms with Gasteiger partial charge in [-0.25, -0.2) is 4.79 Å². The SMILES string of the molecule is CCCCCCCCCCCCOc1ccc(C(=O)Oc2ccc(-c3cccc([N+](=O)[O-])c3)cc2)cc1. The van der Waals surface area contributed by atoms with Crippen molar-refractivity contribution >= 4 is 11.7 Å². The minimum atomic E-state index is -0.454. The summed E-state index contributed by atoms with van der Waals surface area (Å²) >= 11 is 0. The fourth-order valence-corrected chi connectivity index (χ4v) is 4.15. The van der Waals surface area contributed by atoms with E-state index in [1.807, 2.05) is 0 Å².